The quantitative estimate of drug-likeness (QED) is 0.691. The van der Waals surface area contributed by atoms with Crippen LogP contribution < -0.4 is 14.9 Å². The highest BCUT2D eigenvalue weighted by Crippen LogP contribution is 2.21. The molecule has 0 spiro atoms. The number of amides is 1. The number of nitrogens with one attached hydrogen (secondary N) is 1. The van der Waals surface area contributed by atoms with E-state index in [1.54, 1.807) is 12.1 Å². The van der Waals surface area contributed by atoms with Crippen molar-refractivity contribution in [2.45, 2.75) is 46.1 Å². The molecule has 1 aliphatic carbocycles. The molecule has 5 heteroatoms. The van der Waals surface area contributed by atoms with E-state index in [9.17, 15) is 4.79 Å². The van der Waals surface area contributed by atoms with Gasteiger partial charge in [0.15, 0.2) is 0 Å². The number of benzene rings is 2. The maximum Gasteiger partial charge on any atom is 0.271 e. The van der Waals surface area contributed by atoms with Crippen LogP contribution in [0.1, 0.15) is 55.5 Å². The van der Waals surface area contributed by atoms with Gasteiger partial charge in [-0.2, -0.15) is 5.10 Å². The van der Waals surface area contributed by atoms with Crippen LogP contribution in [0, 0.1) is 5.92 Å². The maximum absolute atomic E-state index is 12.3. The Morgan fingerprint density at radius 3 is 2.36 bits per heavy atom. The van der Waals surface area contributed by atoms with Crippen molar-refractivity contribution in [2.75, 3.05) is 6.61 Å². The van der Waals surface area contributed by atoms with Gasteiger partial charge >= 0.3 is 0 Å². The lowest BCUT2D eigenvalue weighted by Gasteiger charge is -2.19. The third-order valence-corrected chi connectivity index (χ3v) is 4.95. The molecule has 0 heterocycles. The average molecular weight is 380 g/mol. The Morgan fingerprint density at radius 1 is 1.04 bits per heavy atom. The summed E-state index contributed by atoms with van der Waals surface area (Å²) < 4.78 is 11.2. The number of hydrogen-bond donors (Lipinski definition) is 1. The van der Waals surface area contributed by atoms with E-state index in [1.165, 1.54) is 6.42 Å². The molecule has 0 unspecified atom stereocenters. The Morgan fingerprint density at radius 2 is 1.71 bits per heavy atom. The molecule has 2 aromatic carbocycles. The van der Waals surface area contributed by atoms with Gasteiger partial charge in [-0.3, -0.25) is 4.79 Å². The molecule has 148 valence electrons. The third-order valence-electron chi connectivity index (χ3n) is 4.95. The Labute approximate surface area is 166 Å². The van der Waals surface area contributed by atoms with E-state index in [0.29, 0.717) is 24.7 Å². The van der Waals surface area contributed by atoms with Crippen LogP contribution in [-0.2, 0) is 6.61 Å². The monoisotopic (exact) mass is 380 g/mol. The molecular weight excluding hydrogens is 352 g/mol. The molecular formula is C23H28N2O3. The molecule has 1 atom stereocenters. The van der Waals surface area contributed by atoms with Crippen molar-refractivity contribution in [3.05, 3.63) is 59.7 Å². The van der Waals surface area contributed by atoms with E-state index >= 15 is 0 Å². The van der Waals surface area contributed by atoms with Crippen LogP contribution in [-0.4, -0.2) is 18.2 Å². The zero-order chi connectivity index (χ0) is 19.8. The molecule has 1 saturated carbocycles. The standard InChI is InChI=1S/C23H28N2O3/c1-3-27-20-12-14-21(15-13-20)28-16-18-8-10-19(11-9-18)23(26)25-24-22-7-5-4-6-17(22)2/h8-15,17H,3-7,16H2,1-2H3,(H,25,26)/b24-22-/t17-/m0/s1. The second kappa shape index (κ2) is 9.93. The van der Waals surface area contributed by atoms with Gasteiger partial charge in [-0.1, -0.05) is 25.5 Å². The predicted octanol–water partition coefficient (Wildman–Crippen LogP) is 4.96. The fraction of sp³-hybridized carbons (Fsp3) is 0.391. The fourth-order valence-corrected chi connectivity index (χ4v) is 3.24. The van der Waals surface area contributed by atoms with Gasteiger partial charge in [-0.25, -0.2) is 5.43 Å². The van der Waals surface area contributed by atoms with Gasteiger partial charge in [0.05, 0.1) is 6.61 Å². The van der Waals surface area contributed by atoms with Crippen LogP contribution in [0.3, 0.4) is 0 Å². The van der Waals surface area contributed by atoms with E-state index in [-0.39, 0.29) is 5.91 Å². The zero-order valence-corrected chi connectivity index (χ0v) is 16.6. The van der Waals surface area contributed by atoms with Gasteiger partial charge in [0.2, 0.25) is 0 Å². The van der Waals surface area contributed by atoms with E-state index < -0.39 is 0 Å². The van der Waals surface area contributed by atoms with E-state index in [2.05, 4.69) is 17.5 Å². The number of rotatable bonds is 7. The summed E-state index contributed by atoms with van der Waals surface area (Å²) in [6.45, 7) is 5.21. The first-order valence-electron chi connectivity index (χ1n) is 9.97. The molecule has 1 aliphatic rings. The lowest BCUT2D eigenvalue weighted by atomic mass is 9.89. The summed E-state index contributed by atoms with van der Waals surface area (Å²) in [4.78, 5) is 12.3. The number of carbonyl (C=O) groups excluding carboxylic acids is 1. The Balaban J connectivity index is 1.51. The largest absolute Gasteiger partial charge is 0.494 e. The number of carbonyl (C=O) groups is 1. The van der Waals surface area contributed by atoms with Crippen LogP contribution in [0.5, 0.6) is 11.5 Å². The van der Waals surface area contributed by atoms with E-state index in [4.69, 9.17) is 9.47 Å². The van der Waals surface area contributed by atoms with Crippen LogP contribution in [0.2, 0.25) is 0 Å². The second-order valence-electron chi connectivity index (χ2n) is 7.08. The summed E-state index contributed by atoms with van der Waals surface area (Å²) in [7, 11) is 0. The van der Waals surface area contributed by atoms with Crippen LogP contribution >= 0.6 is 0 Å². The van der Waals surface area contributed by atoms with Crippen molar-refractivity contribution in [3.63, 3.8) is 0 Å². The van der Waals surface area contributed by atoms with Crippen LogP contribution in [0.25, 0.3) is 0 Å². The molecule has 1 fully saturated rings. The van der Waals surface area contributed by atoms with Gasteiger partial charge in [-0.05, 0) is 74.1 Å². The van der Waals surface area contributed by atoms with Crippen molar-refractivity contribution in [1.29, 1.82) is 0 Å². The lowest BCUT2D eigenvalue weighted by molar-refractivity contribution is 0.0954. The van der Waals surface area contributed by atoms with Gasteiger partial charge < -0.3 is 9.47 Å². The smallest absolute Gasteiger partial charge is 0.271 e. The molecule has 1 N–H and O–H groups in total. The Kier molecular flexibility index (Phi) is 7.06. The highest BCUT2D eigenvalue weighted by atomic mass is 16.5. The van der Waals surface area contributed by atoms with Crippen LogP contribution in [0.15, 0.2) is 53.6 Å². The molecule has 0 aliphatic heterocycles. The molecule has 1 amide bonds. The molecule has 0 radical (unpaired) electrons. The van der Waals surface area contributed by atoms with Crippen molar-refractivity contribution in [2.24, 2.45) is 11.0 Å². The van der Waals surface area contributed by atoms with Gasteiger partial charge in [0.1, 0.15) is 18.1 Å². The molecule has 0 saturated heterocycles. The lowest BCUT2D eigenvalue weighted by Crippen LogP contribution is -2.24. The summed E-state index contributed by atoms with van der Waals surface area (Å²) in [6, 6.07) is 15.0. The zero-order valence-electron chi connectivity index (χ0n) is 16.6. The number of nitrogens with zero attached hydrogens (tertiary/aromatic N) is 1. The van der Waals surface area contributed by atoms with Crippen molar-refractivity contribution < 1.29 is 14.3 Å². The number of hydrogen-bond acceptors (Lipinski definition) is 4. The minimum atomic E-state index is -0.177. The summed E-state index contributed by atoms with van der Waals surface area (Å²) in [5.74, 6) is 1.89. The summed E-state index contributed by atoms with van der Waals surface area (Å²) in [5.41, 5.74) is 5.39. The van der Waals surface area contributed by atoms with Crippen molar-refractivity contribution in [1.82, 2.24) is 5.43 Å². The molecule has 0 aromatic heterocycles. The SMILES string of the molecule is CCOc1ccc(OCc2ccc(C(=O)N/N=C3/CCCC[C@@H]3C)cc2)cc1. The normalized spacial score (nSPS) is 17.9. The van der Waals surface area contributed by atoms with Crippen LogP contribution in [0.4, 0.5) is 0 Å². The summed E-state index contributed by atoms with van der Waals surface area (Å²) in [5, 5.41) is 4.34. The first-order chi connectivity index (χ1) is 13.7. The minimum absolute atomic E-state index is 0.177. The molecule has 0 bridgehead atoms. The maximum atomic E-state index is 12.3. The highest BCUT2D eigenvalue weighted by Gasteiger charge is 2.16. The second-order valence-corrected chi connectivity index (χ2v) is 7.08. The Hall–Kier alpha value is -2.82. The summed E-state index contributed by atoms with van der Waals surface area (Å²) >= 11 is 0. The fourth-order valence-electron chi connectivity index (χ4n) is 3.24. The minimum Gasteiger partial charge on any atom is -0.494 e. The number of ether oxygens (including phenoxy) is 2. The van der Waals surface area contributed by atoms with Gasteiger partial charge in [0.25, 0.3) is 5.91 Å². The highest BCUT2D eigenvalue weighted by molar-refractivity contribution is 5.95. The molecule has 2 aromatic rings. The first kappa shape index (κ1) is 19.9. The van der Waals surface area contributed by atoms with Crippen molar-refractivity contribution >= 4 is 11.6 Å². The topological polar surface area (TPSA) is 59.9 Å². The summed E-state index contributed by atoms with van der Waals surface area (Å²) in [6.07, 6.45) is 4.53. The third kappa shape index (κ3) is 5.59. The van der Waals surface area contributed by atoms with Crippen molar-refractivity contribution in [3.8, 4) is 11.5 Å². The Bertz CT molecular complexity index is 798. The van der Waals surface area contributed by atoms with Gasteiger partial charge in [-0.15, -0.1) is 0 Å². The first-order valence-corrected chi connectivity index (χ1v) is 9.97. The average Bonchev–Trinajstić information content (AvgIpc) is 2.73. The van der Waals surface area contributed by atoms with E-state index in [0.717, 1.165) is 42.0 Å². The molecule has 5 nitrogen and oxygen atoms in total. The molecule has 28 heavy (non-hydrogen) atoms. The van der Waals surface area contributed by atoms with E-state index in [1.807, 2.05) is 43.3 Å². The number of hydrazone groups is 1. The van der Waals surface area contributed by atoms with Gasteiger partial charge in [0, 0.05) is 11.3 Å². The predicted molar refractivity (Wildman–Crippen MR) is 111 cm³/mol. The molecule has 3 rings (SSSR count).